The standard InChI is InChI=1S/C69H70BN3/c1-65(2,3)45-26-23-43(24-27-45)44-25-37-58-55(39-44)70-56-40-48(68(10,11)12)32-38-59(56)72(50-35-30-47(31-36-50)67(7,8)9)61-42-51(41-60(63(61)70)71(58)49-33-28-46(29-34-49)66(4,5)6)73-57-22-18-16-20-53(57)62-64(73)52-19-15-17-21-54(52)69(62,13)14/h15-42H,1-14H3/i23D,24D,25D,26D,27D,28D,29D,30D,31D,32D,33D,34D,35D,36D,37D,38D,39D,40D. The molecule has 0 spiro atoms. The molecule has 4 heteroatoms. The summed E-state index contributed by atoms with van der Waals surface area (Å²) < 4.78 is 183. The minimum absolute atomic E-state index is 0.0284. The zero-order valence-corrected chi connectivity index (χ0v) is 44.2. The van der Waals surface area contributed by atoms with Gasteiger partial charge in [0, 0.05) is 50.5 Å². The normalized spacial score (nSPS) is 18.2. The van der Waals surface area contributed by atoms with Gasteiger partial charge in [-0.25, -0.2) is 0 Å². The van der Waals surface area contributed by atoms with Gasteiger partial charge in [-0.3, -0.25) is 0 Å². The van der Waals surface area contributed by atoms with Gasteiger partial charge in [0.05, 0.1) is 41.6 Å². The molecule has 0 saturated carbocycles. The van der Waals surface area contributed by atoms with Gasteiger partial charge in [0.1, 0.15) is 0 Å². The maximum Gasteiger partial charge on any atom is 0.252 e. The van der Waals surface area contributed by atoms with E-state index in [-0.39, 0.29) is 73.1 Å². The first-order valence-electron chi connectivity index (χ1n) is 34.2. The lowest BCUT2D eigenvalue weighted by molar-refractivity contribution is 0.590. The number of rotatable bonds is 4. The van der Waals surface area contributed by atoms with Crippen LogP contribution in [0.3, 0.4) is 0 Å². The van der Waals surface area contributed by atoms with Crippen molar-refractivity contribution >= 4 is 68.1 Å². The summed E-state index contributed by atoms with van der Waals surface area (Å²) in [6, 6.07) is 10.2. The Balaban J connectivity index is 1.39. The number of benzene rings is 8. The van der Waals surface area contributed by atoms with Crippen LogP contribution in [0.1, 0.15) is 155 Å². The third-order valence-corrected chi connectivity index (χ3v) is 14.7. The molecular formula is C69H70BN3. The van der Waals surface area contributed by atoms with Crippen LogP contribution in [0.2, 0.25) is 0 Å². The van der Waals surface area contributed by atoms with Crippen LogP contribution >= 0.6 is 0 Å². The van der Waals surface area contributed by atoms with Gasteiger partial charge in [0.2, 0.25) is 0 Å². The van der Waals surface area contributed by atoms with Crippen molar-refractivity contribution < 1.29 is 24.7 Å². The molecule has 1 aliphatic carbocycles. The molecule has 0 fully saturated rings. The Labute approximate surface area is 460 Å². The summed E-state index contributed by atoms with van der Waals surface area (Å²) in [5.41, 5.74) is -1.89. The van der Waals surface area contributed by atoms with Crippen LogP contribution in [0.25, 0.3) is 39.0 Å². The number of para-hydroxylation sites is 1. The van der Waals surface area contributed by atoms with Crippen molar-refractivity contribution in [2.24, 2.45) is 0 Å². The minimum Gasteiger partial charge on any atom is -0.311 e. The van der Waals surface area contributed by atoms with E-state index in [4.69, 9.17) is 0 Å². The van der Waals surface area contributed by atoms with Crippen molar-refractivity contribution in [2.75, 3.05) is 9.80 Å². The molecule has 364 valence electrons. The lowest BCUT2D eigenvalue weighted by atomic mass is 9.33. The smallest absolute Gasteiger partial charge is 0.252 e. The van der Waals surface area contributed by atoms with Gasteiger partial charge in [-0.05, 0) is 137 Å². The van der Waals surface area contributed by atoms with Crippen LogP contribution in [0.15, 0.2) is 169 Å². The van der Waals surface area contributed by atoms with E-state index in [2.05, 4.69) is 19.9 Å². The van der Waals surface area contributed by atoms with Crippen LogP contribution in [0, 0.1) is 0 Å². The molecule has 0 unspecified atom stereocenters. The Kier molecular flexibility index (Phi) is 6.76. The summed E-state index contributed by atoms with van der Waals surface area (Å²) in [7, 11) is 0. The van der Waals surface area contributed by atoms with Crippen LogP contribution in [-0.2, 0) is 27.1 Å². The molecule has 9 aromatic rings. The molecule has 1 aromatic heterocycles. The molecule has 0 amide bonds. The van der Waals surface area contributed by atoms with Crippen molar-refractivity contribution in [1.29, 1.82) is 0 Å². The molecular weight excluding hydrogens is 882 g/mol. The molecule has 3 nitrogen and oxygen atoms in total. The van der Waals surface area contributed by atoms with Gasteiger partial charge in [-0.15, -0.1) is 0 Å². The number of hydrogen-bond donors (Lipinski definition) is 0. The second kappa shape index (κ2) is 16.0. The summed E-state index contributed by atoms with van der Waals surface area (Å²) in [6.07, 6.45) is 0. The van der Waals surface area contributed by atoms with Crippen LogP contribution < -0.4 is 26.2 Å². The maximum absolute atomic E-state index is 10.8. The topological polar surface area (TPSA) is 11.4 Å². The summed E-state index contributed by atoms with van der Waals surface area (Å²) in [5.74, 6) is 0. The van der Waals surface area contributed by atoms with E-state index in [1.165, 1.54) is 9.80 Å². The number of nitrogens with zero attached hydrogens (tertiary/aromatic N) is 3. The third-order valence-electron chi connectivity index (χ3n) is 14.7. The molecule has 73 heavy (non-hydrogen) atoms. The van der Waals surface area contributed by atoms with E-state index < -0.39 is 153 Å². The number of anilines is 6. The predicted molar refractivity (Wildman–Crippen MR) is 315 cm³/mol. The van der Waals surface area contributed by atoms with Gasteiger partial charge >= 0.3 is 0 Å². The van der Waals surface area contributed by atoms with Gasteiger partial charge in [-0.2, -0.15) is 0 Å². The summed E-state index contributed by atoms with van der Waals surface area (Å²) in [5, 5.41) is 0.881. The first-order valence-corrected chi connectivity index (χ1v) is 25.2. The molecule has 0 bridgehead atoms. The second-order valence-electron chi connectivity index (χ2n) is 24.5. The minimum atomic E-state index is -1.56. The molecule has 3 heterocycles. The monoisotopic (exact) mass is 970 g/mol. The first-order chi connectivity index (χ1) is 42.1. The van der Waals surface area contributed by atoms with E-state index in [0.29, 0.717) is 11.2 Å². The molecule has 0 N–H and O–H groups in total. The summed E-state index contributed by atoms with van der Waals surface area (Å²) in [4.78, 5) is 2.72. The van der Waals surface area contributed by atoms with Gasteiger partial charge in [0.25, 0.3) is 6.71 Å². The molecule has 3 aliphatic rings. The van der Waals surface area contributed by atoms with Gasteiger partial charge in [0.15, 0.2) is 0 Å². The van der Waals surface area contributed by atoms with E-state index in [9.17, 15) is 24.7 Å². The molecule has 2 aliphatic heterocycles. The first kappa shape index (κ1) is 30.9. The highest BCUT2D eigenvalue weighted by molar-refractivity contribution is 7.00. The van der Waals surface area contributed by atoms with Crippen molar-refractivity contribution in [3.8, 4) is 28.1 Å². The maximum atomic E-state index is 10.8. The lowest BCUT2D eigenvalue weighted by Gasteiger charge is -2.45. The Bertz CT molecular complexity index is 4680. The highest BCUT2D eigenvalue weighted by Crippen LogP contribution is 2.55. The average molecular weight is 970 g/mol. The Morgan fingerprint density at radius 2 is 0.904 bits per heavy atom. The fourth-order valence-corrected chi connectivity index (χ4v) is 10.8. The summed E-state index contributed by atoms with van der Waals surface area (Å²) >= 11 is 0. The quantitative estimate of drug-likeness (QED) is 0.163. The van der Waals surface area contributed by atoms with E-state index in [0.717, 1.165) is 27.8 Å². The lowest BCUT2D eigenvalue weighted by Crippen LogP contribution is -2.61. The van der Waals surface area contributed by atoms with Gasteiger partial charge < -0.3 is 14.4 Å². The van der Waals surface area contributed by atoms with Gasteiger partial charge in [-0.1, -0.05) is 212 Å². The van der Waals surface area contributed by atoms with Crippen LogP contribution in [0.5, 0.6) is 0 Å². The zero-order valence-electron chi connectivity index (χ0n) is 62.2. The second-order valence-corrected chi connectivity index (χ2v) is 24.5. The highest BCUT2D eigenvalue weighted by atomic mass is 15.2. The van der Waals surface area contributed by atoms with Crippen molar-refractivity contribution in [3.63, 3.8) is 0 Å². The molecule has 0 radical (unpaired) electrons. The van der Waals surface area contributed by atoms with E-state index in [1.807, 2.05) is 47.0 Å². The number of aromatic nitrogens is 1. The largest absolute Gasteiger partial charge is 0.311 e. The fourth-order valence-electron chi connectivity index (χ4n) is 10.8. The molecule has 8 aromatic carbocycles. The Morgan fingerprint density at radius 3 is 1.45 bits per heavy atom. The summed E-state index contributed by atoms with van der Waals surface area (Å²) in [6.45, 7) is 23.9. The van der Waals surface area contributed by atoms with Crippen LogP contribution in [-0.4, -0.2) is 11.3 Å². The van der Waals surface area contributed by atoms with E-state index >= 15 is 0 Å². The van der Waals surface area contributed by atoms with Crippen LogP contribution in [0.4, 0.5) is 34.1 Å². The van der Waals surface area contributed by atoms with Crippen molar-refractivity contribution in [2.45, 2.75) is 124 Å². The Hall–Kier alpha value is -7.04. The highest BCUT2D eigenvalue weighted by Gasteiger charge is 2.46. The third kappa shape index (κ3) is 7.37. The van der Waals surface area contributed by atoms with Crippen molar-refractivity contribution in [1.82, 2.24) is 4.57 Å². The van der Waals surface area contributed by atoms with Crippen molar-refractivity contribution in [3.05, 3.63) is 203 Å². The van der Waals surface area contributed by atoms with E-state index in [1.54, 1.807) is 95.2 Å². The fraction of sp³-hybridized carbons (Fsp3) is 0.275. The SMILES string of the molecule is [2H]c1c([2H])c(C(C)(C)C)c([2H])c([2H])c1-c1c([2H])c([2H])c2c(c1[2H])B1c3c(cc(-n4c5c(c6ccccc64)C(C)(C)c4ccccc4-5)cc3N(c3c([2H])c([2H])c(C(C)(C)C)c([2H])c3[2H])c3c([2H])c([2H])c(C(C)(C)C)c([2H])c31)N2c1c([2H])c([2H])c(C(C)(C)C)c([2H])c1[2H]. The molecule has 0 saturated heterocycles. The number of hydrogen-bond acceptors (Lipinski definition) is 2. The predicted octanol–water partition coefficient (Wildman–Crippen LogP) is 16.9. The zero-order chi connectivity index (χ0) is 67.0. The number of fused-ring (bicyclic) bond motifs is 9. The molecule has 0 atom stereocenters. The average Bonchev–Trinajstić information content (AvgIpc) is 1.00. The molecule has 12 rings (SSSR count). The Morgan fingerprint density at radius 1 is 0.452 bits per heavy atom.